The molecule has 0 spiro atoms. The van der Waals surface area contributed by atoms with E-state index in [-0.39, 0.29) is 41.6 Å². The molecule has 1 fully saturated rings. The van der Waals surface area contributed by atoms with Crippen LogP contribution in [0.2, 0.25) is 0 Å². The number of hydrogen-bond donors (Lipinski definition) is 2. The fourth-order valence-electron chi connectivity index (χ4n) is 3.51. The van der Waals surface area contributed by atoms with Crippen molar-refractivity contribution < 1.29 is 32.5 Å². The molecule has 1 aromatic carbocycles. The van der Waals surface area contributed by atoms with Gasteiger partial charge in [0, 0.05) is 17.7 Å². The number of carbonyl (C=O) groups is 1. The second-order valence-electron chi connectivity index (χ2n) is 9.58. The standard InChI is InChI=1S/C24H32F3N3O4S/c1-24(2,3)19-11-30(10-16-5-4-8-33-16)23(35-19)29-22(32)17-9-14(20(25)21(26)27)6-7-18(17)34-13-15(28)12-31/h6-7,9,11,15-16,20-21,31H,4-5,8,10,12-13,28H2,1-3H3/t15-,16-,20?/m1/s1. The number of amides is 1. The Labute approximate surface area is 206 Å². The van der Waals surface area contributed by atoms with E-state index in [4.69, 9.17) is 20.3 Å². The van der Waals surface area contributed by atoms with Gasteiger partial charge >= 0.3 is 0 Å². The highest BCUT2D eigenvalue weighted by atomic mass is 32.1. The molecule has 0 aliphatic carbocycles. The van der Waals surface area contributed by atoms with Crippen LogP contribution in [0.4, 0.5) is 13.2 Å². The Morgan fingerprint density at radius 2 is 2.11 bits per heavy atom. The van der Waals surface area contributed by atoms with Crippen LogP contribution >= 0.6 is 11.3 Å². The fraction of sp³-hybridized carbons (Fsp3) is 0.583. The van der Waals surface area contributed by atoms with E-state index in [1.54, 1.807) is 0 Å². The van der Waals surface area contributed by atoms with E-state index in [0.29, 0.717) is 18.0 Å². The molecule has 0 bridgehead atoms. The minimum Gasteiger partial charge on any atom is -0.491 e. The van der Waals surface area contributed by atoms with Gasteiger partial charge < -0.3 is 24.9 Å². The number of ether oxygens (including phenoxy) is 2. The normalized spacial score (nSPS) is 18.8. The van der Waals surface area contributed by atoms with Crippen molar-refractivity contribution in [1.82, 2.24) is 4.57 Å². The summed E-state index contributed by atoms with van der Waals surface area (Å²) in [6, 6.07) is 2.69. The van der Waals surface area contributed by atoms with Gasteiger partial charge in [0.15, 0.2) is 11.0 Å². The highest BCUT2D eigenvalue weighted by Crippen LogP contribution is 2.30. The third-order valence-corrected chi connectivity index (χ3v) is 6.99. The first kappa shape index (κ1) is 27.4. The summed E-state index contributed by atoms with van der Waals surface area (Å²) in [6.45, 7) is 6.87. The summed E-state index contributed by atoms with van der Waals surface area (Å²) >= 11 is 1.35. The van der Waals surface area contributed by atoms with E-state index in [2.05, 4.69) is 4.99 Å². The van der Waals surface area contributed by atoms with Crippen molar-refractivity contribution >= 4 is 17.2 Å². The van der Waals surface area contributed by atoms with E-state index in [1.807, 2.05) is 31.5 Å². The van der Waals surface area contributed by atoms with E-state index in [9.17, 15) is 18.0 Å². The number of aromatic nitrogens is 1. The number of nitrogens with zero attached hydrogens (tertiary/aromatic N) is 2. The van der Waals surface area contributed by atoms with Crippen LogP contribution in [0.25, 0.3) is 0 Å². The summed E-state index contributed by atoms with van der Waals surface area (Å²) in [4.78, 5) is 19.0. The molecular formula is C24H32F3N3O4S. The lowest BCUT2D eigenvalue weighted by atomic mass is 9.95. The molecule has 2 aromatic rings. The number of thiazole rings is 1. The third-order valence-electron chi connectivity index (χ3n) is 5.54. The first-order valence-corrected chi connectivity index (χ1v) is 12.3. The van der Waals surface area contributed by atoms with Crippen LogP contribution in [0.15, 0.2) is 29.4 Å². The number of alkyl halides is 3. The number of hydrogen-bond acceptors (Lipinski definition) is 6. The third kappa shape index (κ3) is 7.16. The van der Waals surface area contributed by atoms with Gasteiger partial charge in [-0.05, 0) is 36.0 Å². The molecule has 3 rings (SSSR count). The maximum atomic E-state index is 14.1. The number of nitrogens with two attached hydrogens (primary N) is 1. The van der Waals surface area contributed by atoms with Crippen molar-refractivity contribution in [3.05, 3.63) is 45.2 Å². The second kappa shape index (κ2) is 11.7. The monoisotopic (exact) mass is 515 g/mol. The molecule has 194 valence electrons. The molecule has 0 radical (unpaired) electrons. The molecule has 1 aliphatic rings. The molecule has 3 N–H and O–H groups in total. The van der Waals surface area contributed by atoms with Gasteiger partial charge in [0.2, 0.25) is 0 Å². The number of rotatable bonds is 9. The summed E-state index contributed by atoms with van der Waals surface area (Å²) < 4.78 is 53.2. The molecule has 2 heterocycles. The van der Waals surface area contributed by atoms with Crippen molar-refractivity contribution in [2.75, 3.05) is 19.8 Å². The number of aliphatic hydroxyl groups excluding tert-OH is 1. The summed E-state index contributed by atoms with van der Waals surface area (Å²) in [5.74, 6) is -0.740. The van der Waals surface area contributed by atoms with E-state index in [0.717, 1.165) is 29.9 Å². The van der Waals surface area contributed by atoms with E-state index < -0.39 is 24.5 Å². The van der Waals surface area contributed by atoms with Crippen LogP contribution in [-0.2, 0) is 16.7 Å². The maximum absolute atomic E-state index is 14.1. The van der Waals surface area contributed by atoms with Gasteiger partial charge in [0.1, 0.15) is 12.4 Å². The van der Waals surface area contributed by atoms with Crippen LogP contribution < -0.4 is 15.3 Å². The van der Waals surface area contributed by atoms with Gasteiger partial charge in [-0.1, -0.05) is 26.8 Å². The molecular weight excluding hydrogens is 483 g/mol. The van der Waals surface area contributed by atoms with Crippen LogP contribution in [0.1, 0.15) is 60.6 Å². The molecule has 1 aromatic heterocycles. The minimum atomic E-state index is -3.25. The lowest BCUT2D eigenvalue weighted by Gasteiger charge is -2.15. The van der Waals surface area contributed by atoms with Crippen molar-refractivity contribution in [3.63, 3.8) is 0 Å². The van der Waals surface area contributed by atoms with Crippen LogP contribution in [-0.4, -0.2) is 54.0 Å². The predicted molar refractivity (Wildman–Crippen MR) is 127 cm³/mol. The Kier molecular flexibility index (Phi) is 9.14. The highest BCUT2D eigenvalue weighted by molar-refractivity contribution is 7.09. The Hall–Kier alpha value is -2.21. The van der Waals surface area contributed by atoms with Gasteiger partial charge in [0.25, 0.3) is 12.3 Å². The lowest BCUT2D eigenvalue weighted by Crippen LogP contribution is -2.31. The Morgan fingerprint density at radius 3 is 2.71 bits per heavy atom. The molecule has 35 heavy (non-hydrogen) atoms. The number of aliphatic hydroxyl groups is 1. The smallest absolute Gasteiger partial charge is 0.283 e. The first-order valence-electron chi connectivity index (χ1n) is 11.5. The van der Waals surface area contributed by atoms with Gasteiger partial charge in [-0.3, -0.25) is 4.79 Å². The van der Waals surface area contributed by atoms with Crippen molar-refractivity contribution in [3.8, 4) is 5.75 Å². The van der Waals surface area contributed by atoms with E-state index in [1.165, 1.54) is 17.4 Å². The lowest BCUT2D eigenvalue weighted by molar-refractivity contribution is 0.0494. The zero-order valence-corrected chi connectivity index (χ0v) is 20.9. The number of carbonyl (C=O) groups excluding carboxylic acids is 1. The fourth-order valence-corrected chi connectivity index (χ4v) is 4.56. The molecule has 1 saturated heterocycles. The van der Waals surface area contributed by atoms with Crippen LogP contribution in [0.3, 0.4) is 0 Å². The number of halogens is 3. The number of benzene rings is 1. The molecule has 1 unspecified atom stereocenters. The summed E-state index contributed by atoms with van der Waals surface area (Å²) in [6.07, 6.45) is -1.99. The van der Waals surface area contributed by atoms with Gasteiger partial charge in [-0.2, -0.15) is 4.99 Å². The molecule has 0 saturated carbocycles. The Balaban J connectivity index is 2.03. The first-order chi connectivity index (χ1) is 16.5. The van der Waals surface area contributed by atoms with E-state index >= 15 is 0 Å². The Morgan fingerprint density at radius 1 is 1.37 bits per heavy atom. The van der Waals surface area contributed by atoms with Gasteiger partial charge in [-0.15, -0.1) is 11.3 Å². The van der Waals surface area contributed by atoms with Crippen molar-refractivity contribution in [2.24, 2.45) is 10.7 Å². The average molecular weight is 516 g/mol. The predicted octanol–water partition coefficient (Wildman–Crippen LogP) is 3.74. The Bertz CT molecular complexity index is 1070. The zero-order valence-electron chi connectivity index (χ0n) is 20.0. The SMILES string of the molecule is CC(C)(C)c1cn(C[C@H]2CCCO2)c(=NC(=O)c2cc(C(F)C(F)F)ccc2OC[C@H](N)CO)s1. The quantitative estimate of drug-likeness (QED) is 0.530. The summed E-state index contributed by atoms with van der Waals surface area (Å²) in [7, 11) is 0. The van der Waals surface area contributed by atoms with Crippen molar-refractivity contribution in [2.45, 2.75) is 70.3 Å². The average Bonchev–Trinajstić information content (AvgIpc) is 3.47. The summed E-state index contributed by atoms with van der Waals surface area (Å²) in [5.41, 5.74) is 4.97. The zero-order chi connectivity index (χ0) is 25.8. The summed E-state index contributed by atoms with van der Waals surface area (Å²) in [5, 5.41) is 9.14. The van der Waals surface area contributed by atoms with Gasteiger partial charge in [0.05, 0.1) is 30.9 Å². The molecule has 7 nitrogen and oxygen atoms in total. The molecule has 3 atom stereocenters. The molecule has 1 amide bonds. The second-order valence-corrected chi connectivity index (χ2v) is 10.6. The highest BCUT2D eigenvalue weighted by Gasteiger charge is 2.25. The topological polar surface area (TPSA) is 99.1 Å². The van der Waals surface area contributed by atoms with Gasteiger partial charge in [-0.25, -0.2) is 13.2 Å². The molecule has 1 aliphatic heterocycles. The van der Waals surface area contributed by atoms with Crippen LogP contribution in [0.5, 0.6) is 5.75 Å². The minimum absolute atomic E-state index is 0.00648. The van der Waals surface area contributed by atoms with Crippen molar-refractivity contribution in [1.29, 1.82) is 0 Å². The largest absolute Gasteiger partial charge is 0.491 e. The molecule has 11 heteroatoms. The van der Waals surface area contributed by atoms with Crippen LogP contribution in [0, 0.1) is 0 Å². The maximum Gasteiger partial charge on any atom is 0.283 e.